The Labute approximate surface area is 189 Å². The van der Waals surface area contributed by atoms with Gasteiger partial charge in [0.2, 0.25) is 11.8 Å². The maximum absolute atomic E-state index is 11.9. The molecule has 0 saturated carbocycles. The summed E-state index contributed by atoms with van der Waals surface area (Å²) in [5, 5.41) is 9.10. The van der Waals surface area contributed by atoms with Crippen molar-refractivity contribution >= 4 is 52.5 Å². The minimum absolute atomic E-state index is 0. The Kier molecular flexibility index (Phi) is 8.88. The van der Waals surface area contributed by atoms with Gasteiger partial charge in [-0.2, -0.15) is 0 Å². The zero-order valence-electron chi connectivity index (χ0n) is 17.0. The van der Waals surface area contributed by atoms with Gasteiger partial charge in [0, 0.05) is 25.9 Å². The van der Waals surface area contributed by atoms with Crippen molar-refractivity contribution in [3.8, 4) is 0 Å². The van der Waals surface area contributed by atoms with Crippen molar-refractivity contribution in [1.29, 1.82) is 0 Å². The van der Waals surface area contributed by atoms with Crippen molar-refractivity contribution < 1.29 is 9.59 Å². The van der Waals surface area contributed by atoms with E-state index in [9.17, 15) is 9.59 Å². The second kappa shape index (κ2) is 11.1. The number of fused-ring (bicyclic) bond motifs is 1. The number of aliphatic imine (C=N–C) groups is 1. The summed E-state index contributed by atoms with van der Waals surface area (Å²) in [7, 11) is 0. The molecule has 1 aliphatic heterocycles. The molecule has 2 amide bonds. The van der Waals surface area contributed by atoms with Gasteiger partial charge >= 0.3 is 0 Å². The molecule has 1 aliphatic rings. The average Bonchev–Trinajstić information content (AvgIpc) is 2.69. The summed E-state index contributed by atoms with van der Waals surface area (Å²) in [6.07, 6.45) is 1.56. The van der Waals surface area contributed by atoms with Crippen LogP contribution in [0.25, 0.3) is 10.8 Å². The first-order valence-corrected chi connectivity index (χ1v) is 9.96. The first kappa shape index (κ1) is 23.1. The lowest BCUT2D eigenvalue weighted by Gasteiger charge is -2.24. The van der Waals surface area contributed by atoms with Crippen molar-refractivity contribution in [3.63, 3.8) is 0 Å². The third-order valence-corrected chi connectivity index (χ3v) is 4.96. The van der Waals surface area contributed by atoms with Gasteiger partial charge < -0.3 is 10.6 Å². The molecule has 1 saturated heterocycles. The van der Waals surface area contributed by atoms with Gasteiger partial charge in [-0.1, -0.05) is 42.5 Å². The number of nitrogens with one attached hydrogen (secondary N) is 2. The molecule has 1 atom stereocenters. The second-order valence-corrected chi connectivity index (χ2v) is 6.99. The molecule has 0 radical (unpaired) electrons. The number of carbonyl (C=O) groups excluding carboxylic acids is 2. The summed E-state index contributed by atoms with van der Waals surface area (Å²) < 4.78 is 0. The third-order valence-electron chi connectivity index (χ3n) is 4.96. The summed E-state index contributed by atoms with van der Waals surface area (Å²) in [6.45, 7) is 5.56. The van der Waals surface area contributed by atoms with Crippen LogP contribution in [0.3, 0.4) is 0 Å². The van der Waals surface area contributed by atoms with Gasteiger partial charge in [-0.25, -0.2) is 0 Å². The van der Waals surface area contributed by atoms with E-state index in [1.165, 1.54) is 21.2 Å². The van der Waals surface area contributed by atoms with E-state index in [0.29, 0.717) is 38.3 Å². The Morgan fingerprint density at radius 3 is 2.52 bits per heavy atom. The third kappa shape index (κ3) is 5.91. The van der Waals surface area contributed by atoms with E-state index in [4.69, 9.17) is 0 Å². The maximum atomic E-state index is 11.9. The number of piperidine rings is 1. The zero-order chi connectivity index (χ0) is 19.9. The molecule has 0 aromatic heterocycles. The molecule has 7 heteroatoms. The lowest BCUT2D eigenvalue weighted by molar-refractivity contribution is -0.147. The van der Waals surface area contributed by atoms with Crippen LogP contribution in [0.5, 0.6) is 0 Å². The number of nitrogens with zero attached hydrogens (tertiary/aromatic N) is 2. The molecular weight excluding hydrogens is 479 g/mol. The highest BCUT2D eigenvalue weighted by Crippen LogP contribution is 2.23. The number of benzene rings is 2. The maximum Gasteiger partial charge on any atom is 0.229 e. The van der Waals surface area contributed by atoms with Gasteiger partial charge in [-0.3, -0.25) is 19.5 Å². The van der Waals surface area contributed by atoms with Crippen molar-refractivity contribution in [1.82, 2.24) is 15.5 Å². The molecule has 2 N–H and O–H groups in total. The van der Waals surface area contributed by atoms with Gasteiger partial charge in [0.05, 0.1) is 12.6 Å². The molecule has 1 heterocycles. The van der Waals surface area contributed by atoms with E-state index in [1.54, 1.807) is 0 Å². The largest absolute Gasteiger partial charge is 0.357 e. The fourth-order valence-electron chi connectivity index (χ4n) is 3.54. The number of guanidine groups is 1. The smallest absolute Gasteiger partial charge is 0.229 e. The van der Waals surface area contributed by atoms with E-state index in [2.05, 4.69) is 52.9 Å². The normalized spacial score (nSPS) is 15.8. The zero-order valence-corrected chi connectivity index (χ0v) is 19.3. The summed E-state index contributed by atoms with van der Waals surface area (Å²) >= 11 is 0. The fourth-order valence-corrected chi connectivity index (χ4v) is 3.54. The van der Waals surface area contributed by atoms with Gasteiger partial charge in [0.25, 0.3) is 0 Å². The number of imide groups is 1. The minimum Gasteiger partial charge on any atom is -0.357 e. The minimum atomic E-state index is -0.0893. The quantitative estimate of drug-likeness (QED) is 0.271. The molecular formula is C22H29IN4O2. The summed E-state index contributed by atoms with van der Waals surface area (Å²) in [5.41, 5.74) is 1.20. The molecule has 6 nitrogen and oxygen atoms in total. The van der Waals surface area contributed by atoms with Crippen molar-refractivity contribution in [2.45, 2.75) is 39.2 Å². The standard InChI is InChI=1S/C22H28N4O2.HI/c1-3-23-22(24-14-15-26-20(27)12-7-13-21(26)28)25-16(2)18-11-6-9-17-8-4-5-10-19(17)18;/h4-6,8-11,16H,3,7,12-15H2,1-2H3,(H2,23,24,25);1H. The summed E-state index contributed by atoms with van der Waals surface area (Å²) in [5.74, 6) is 0.502. The first-order valence-electron chi connectivity index (χ1n) is 9.96. The lowest BCUT2D eigenvalue weighted by atomic mass is 10.00. The van der Waals surface area contributed by atoms with Gasteiger partial charge in [-0.15, -0.1) is 24.0 Å². The van der Waals surface area contributed by atoms with Gasteiger partial charge in [0.15, 0.2) is 5.96 Å². The predicted octanol–water partition coefficient (Wildman–Crippen LogP) is 3.61. The highest BCUT2D eigenvalue weighted by Gasteiger charge is 2.25. The van der Waals surface area contributed by atoms with Gasteiger partial charge in [0.1, 0.15) is 0 Å². The molecule has 0 bridgehead atoms. The fraction of sp³-hybridized carbons (Fsp3) is 0.409. The van der Waals surface area contributed by atoms with E-state index >= 15 is 0 Å². The van der Waals surface area contributed by atoms with Crippen LogP contribution in [0.4, 0.5) is 0 Å². The van der Waals surface area contributed by atoms with Crippen LogP contribution in [-0.4, -0.2) is 42.3 Å². The molecule has 0 aliphatic carbocycles. The highest BCUT2D eigenvalue weighted by atomic mass is 127. The molecule has 0 spiro atoms. The molecule has 2 aromatic rings. The number of hydrogen-bond acceptors (Lipinski definition) is 3. The molecule has 2 aromatic carbocycles. The lowest BCUT2D eigenvalue weighted by Crippen LogP contribution is -2.43. The predicted molar refractivity (Wildman–Crippen MR) is 127 cm³/mol. The number of likely N-dealkylation sites (tertiary alicyclic amines) is 1. The molecule has 1 fully saturated rings. The average molecular weight is 508 g/mol. The number of rotatable bonds is 6. The second-order valence-electron chi connectivity index (χ2n) is 6.99. The monoisotopic (exact) mass is 508 g/mol. The Balaban J connectivity index is 0.00000300. The van der Waals surface area contributed by atoms with Crippen LogP contribution in [-0.2, 0) is 9.59 Å². The number of hydrogen-bond donors (Lipinski definition) is 2. The summed E-state index contributed by atoms with van der Waals surface area (Å²) in [4.78, 5) is 29.7. The number of halogens is 1. The van der Waals surface area contributed by atoms with Crippen LogP contribution in [0.2, 0.25) is 0 Å². The molecule has 156 valence electrons. The van der Waals surface area contributed by atoms with Crippen molar-refractivity contribution in [2.75, 3.05) is 19.6 Å². The number of carbonyl (C=O) groups is 2. The Bertz CT molecular complexity index is 863. The highest BCUT2D eigenvalue weighted by molar-refractivity contribution is 14.0. The van der Waals surface area contributed by atoms with E-state index in [1.807, 2.05) is 19.1 Å². The van der Waals surface area contributed by atoms with Crippen molar-refractivity contribution in [3.05, 3.63) is 48.0 Å². The van der Waals surface area contributed by atoms with Gasteiger partial charge in [-0.05, 0) is 36.6 Å². The van der Waals surface area contributed by atoms with E-state index < -0.39 is 0 Å². The van der Waals surface area contributed by atoms with E-state index in [-0.39, 0.29) is 41.8 Å². The summed E-state index contributed by atoms with van der Waals surface area (Å²) in [6, 6.07) is 14.7. The molecule has 3 rings (SSSR count). The van der Waals surface area contributed by atoms with Crippen LogP contribution >= 0.6 is 24.0 Å². The van der Waals surface area contributed by atoms with Crippen LogP contribution in [0.1, 0.15) is 44.7 Å². The Morgan fingerprint density at radius 2 is 1.79 bits per heavy atom. The van der Waals surface area contributed by atoms with E-state index in [0.717, 1.165) is 6.54 Å². The Hall–Kier alpha value is -2.16. The molecule has 1 unspecified atom stereocenters. The van der Waals surface area contributed by atoms with Crippen LogP contribution in [0, 0.1) is 0 Å². The molecule has 29 heavy (non-hydrogen) atoms. The first-order chi connectivity index (χ1) is 13.6. The van der Waals surface area contributed by atoms with Crippen LogP contribution < -0.4 is 10.6 Å². The van der Waals surface area contributed by atoms with Crippen molar-refractivity contribution in [2.24, 2.45) is 4.99 Å². The topological polar surface area (TPSA) is 73.8 Å². The Morgan fingerprint density at radius 1 is 1.10 bits per heavy atom. The number of amides is 2. The SMILES string of the molecule is CCNC(=NCCN1C(=O)CCCC1=O)NC(C)c1cccc2ccccc12.I. The van der Waals surface area contributed by atoms with Crippen LogP contribution in [0.15, 0.2) is 47.5 Å².